The van der Waals surface area contributed by atoms with Gasteiger partial charge in [-0.05, 0) is 61.4 Å². The summed E-state index contributed by atoms with van der Waals surface area (Å²) in [4.78, 5) is 12.5. The lowest BCUT2D eigenvalue weighted by atomic mass is 9.94. The molecule has 3 N–H and O–H groups in total. The minimum absolute atomic E-state index is 0. The summed E-state index contributed by atoms with van der Waals surface area (Å²) in [5, 5.41) is 4.00. The number of amides is 1. The average molecular weight is 329 g/mol. The van der Waals surface area contributed by atoms with Gasteiger partial charge in [-0.15, -0.1) is 12.4 Å². The van der Waals surface area contributed by atoms with E-state index in [2.05, 4.69) is 5.32 Å². The van der Waals surface area contributed by atoms with Gasteiger partial charge >= 0.3 is 0 Å². The van der Waals surface area contributed by atoms with Crippen LogP contribution in [0.4, 0.5) is 0 Å². The number of nitrogens with two attached hydrogens (primary N) is 1. The summed E-state index contributed by atoms with van der Waals surface area (Å²) < 4.78 is 0. The molecular formula is C16H22Cl2N2O. The number of hydrogen-bond donors (Lipinski definition) is 2. The standard InChI is InChI=1S/C16H21ClN2O.ClH/c17-12-5-6-13-10(8-12)4-7-15(13)19-16(20)14-3-1-2-11(14)9-18;/h5-6,8,11,14-15H,1-4,7,9,18H2,(H,19,20);1H/t11-,14-,15?;/m1./s1. The molecule has 5 heteroatoms. The molecule has 116 valence electrons. The molecule has 0 bridgehead atoms. The number of carbonyl (C=O) groups excluding carboxylic acids is 1. The molecule has 3 rings (SSSR count). The van der Waals surface area contributed by atoms with Crippen molar-refractivity contribution in [3.63, 3.8) is 0 Å². The number of hydrogen-bond acceptors (Lipinski definition) is 2. The Morgan fingerprint density at radius 2 is 2.14 bits per heavy atom. The van der Waals surface area contributed by atoms with E-state index in [0.717, 1.165) is 37.1 Å². The van der Waals surface area contributed by atoms with Crippen LogP contribution < -0.4 is 11.1 Å². The van der Waals surface area contributed by atoms with Gasteiger partial charge in [-0.2, -0.15) is 0 Å². The third-order valence-electron chi connectivity index (χ3n) is 4.80. The molecule has 1 unspecified atom stereocenters. The van der Waals surface area contributed by atoms with Crippen LogP contribution >= 0.6 is 24.0 Å². The molecule has 0 saturated heterocycles. The topological polar surface area (TPSA) is 55.1 Å². The summed E-state index contributed by atoms with van der Waals surface area (Å²) >= 11 is 6.02. The van der Waals surface area contributed by atoms with Gasteiger partial charge in [0.1, 0.15) is 0 Å². The first-order chi connectivity index (χ1) is 9.69. The molecule has 3 nitrogen and oxygen atoms in total. The highest BCUT2D eigenvalue weighted by atomic mass is 35.5. The van der Waals surface area contributed by atoms with Crippen LogP contribution in [0.25, 0.3) is 0 Å². The summed E-state index contributed by atoms with van der Waals surface area (Å²) in [5.74, 6) is 0.656. The Bertz CT molecular complexity index is 521. The Balaban J connectivity index is 0.00000161. The van der Waals surface area contributed by atoms with Crippen molar-refractivity contribution in [2.45, 2.75) is 38.1 Å². The van der Waals surface area contributed by atoms with Crippen molar-refractivity contribution < 1.29 is 4.79 Å². The largest absolute Gasteiger partial charge is 0.349 e. The molecule has 1 aromatic carbocycles. The highest BCUT2D eigenvalue weighted by Gasteiger charge is 2.34. The second-order valence-electron chi connectivity index (χ2n) is 5.98. The zero-order chi connectivity index (χ0) is 14.1. The minimum Gasteiger partial charge on any atom is -0.349 e. The van der Waals surface area contributed by atoms with Gasteiger partial charge in [0.25, 0.3) is 0 Å². The molecule has 21 heavy (non-hydrogen) atoms. The van der Waals surface area contributed by atoms with Crippen molar-refractivity contribution in [3.8, 4) is 0 Å². The monoisotopic (exact) mass is 328 g/mol. The predicted octanol–water partition coefficient (Wildman–Crippen LogP) is 3.24. The van der Waals surface area contributed by atoms with Crippen LogP contribution in [-0.2, 0) is 11.2 Å². The molecule has 0 aromatic heterocycles. The summed E-state index contributed by atoms with van der Waals surface area (Å²) in [6, 6.07) is 6.11. The van der Waals surface area contributed by atoms with Crippen LogP contribution in [0.15, 0.2) is 18.2 Å². The van der Waals surface area contributed by atoms with Gasteiger partial charge in [-0.1, -0.05) is 24.1 Å². The molecule has 2 aliphatic rings. The molecule has 1 saturated carbocycles. The van der Waals surface area contributed by atoms with E-state index in [0.29, 0.717) is 12.5 Å². The van der Waals surface area contributed by atoms with E-state index < -0.39 is 0 Å². The van der Waals surface area contributed by atoms with Gasteiger partial charge in [0.2, 0.25) is 5.91 Å². The fraction of sp³-hybridized carbons (Fsp3) is 0.562. The van der Waals surface area contributed by atoms with E-state index in [-0.39, 0.29) is 30.3 Å². The number of carbonyl (C=O) groups is 1. The van der Waals surface area contributed by atoms with Crippen LogP contribution in [0.1, 0.15) is 42.9 Å². The maximum Gasteiger partial charge on any atom is 0.223 e. The molecule has 0 aliphatic heterocycles. The number of halogens is 2. The van der Waals surface area contributed by atoms with Crippen molar-refractivity contribution >= 4 is 29.9 Å². The lowest BCUT2D eigenvalue weighted by Gasteiger charge is -2.21. The van der Waals surface area contributed by atoms with E-state index in [1.54, 1.807) is 0 Å². The molecule has 0 heterocycles. The Morgan fingerprint density at radius 1 is 1.33 bits per heavy atom. The first-order valence-electron chi connectivity index (χ1n) is 7.48. The normalized spacial score (nSPS) is 27.0. The van der Waals surface area contributed by atoms with Crippen LogP contribution in [0, 0.1) is 11.8 Å². The van der Waals surface area contributed by atoms with Gasteiger partial charge < -0.3 is 11.1 Å². The van der Waals surface area contributed by atoms with Crippen LogP contribution in [-0.4, -0.2) is 12.5 Å². The third kappa shape index (κ3) is 3.36. The summed E-state index contributed by atoms with van der Waals surface area (Å²) in [6.07, 6.45) is 5.16. The van der Waals surface area contributed by atoms with E-state index in [9.17, 15) is 4.79 Å². The number of benzene rings is 1. The molecule has 1 amide bonds. The van der Waals surface area contributed by atoms with Gasteiger partial charge in [-0.25, -0.2) is 0 Å². The zero-order valence-electron chi connectivity index (χ0n) is 12.0. The zero-order valence-corrected chi connectivity index (χ0v) is 13.6. The van der Waals surface area contributed by atoms with Crippen molar-refractivity contribution in [2.24, 2.45) is 17.6 Å². The first-order valence-corrected chi connectivity index (χ1v) is 7.85. The van der Waals surface area contributed by atoms with Crippen molar-refractivity contribution in [3.05, 3.63) is 34.3 Å². The minimum atomic E-state index is 0. The van der Waals surface area contributed by atoms with Crippen LogP contribution in [0.3, 0.4) is 0 Å². The molecule has 1 aromatic rings. The fourth-order valence-electron chi connectivity index (χ4n) is 3.68. The second kappa shape index (κ2) is 6.99. The summed E-state index contributed by atoms with van der Waals surface area (Å²) in [6.45, 7) is 0.620. The molecule has 1 fully saturated rings. The fourth-order valence-corrected chi connectivity index (χ4v) is 3.87. The molecule has 2 aliphatic carbocycles. The Kier molecular flexibility index (Phi) is 5.53. The second-order valence-corrected chi connectivity index (χ2v) is 6.41. The van der Waals surface area contributed by atoms with Crippen LogP contribution in [0.2, 0.25) is 5.02 Å². The lowest BCUT2D eigenvalue weighted by Crippen LogP contribution is -2.36. The average Bonchev–Trinajstić information content (AvgIpc) is 3.05. The highest BCUT2D eigenvalue weighted by Crippen LogP contribution is 2.35. The third-order valence-corrected chi connectivity index (χ3v) is 5.03. The number of aryl methyl sites for hydroxylation is 1. The Labute approximate surface area is 137 Å². The van der Waals surface area contributed by atoms with Gasteiger partial charge in [0.15, 0.2) is 0 Å². The van der Waals surface area contributed by atoms with Crippen LogP contribution in [0.5, 0.6) is 0 Å². The van der Waals surface area contributed by atoms with Crippen molar-refractivity contribution in [1.82, 2.24) is 5.32 Å². The van der Waals surface area contributed by atoms with Gasteiger partial charge in [0.05, 0.1) is 6.04 Å². The highest BCUT2D eigenvalue weighted by molar-refractivity contribution is 6.30. The van der Waals surface area contributed by atoms with E-state index in [1.165, 1.54) is 11.1 Å². The van der Waals surface area contributed by atoms with Gasteiger partial charge in [-0.3, -0.25) is 4.79 Å². The lowest BCUT2D eigenvalue weighted by molar-refractivity contribution is -0.126. The van der Waals surface area contributed by atoms with E-state index in [4.69, 9.17) is 17.3 Å². The maximum absolute atomic E-state index is 12.5. The SMILES string of the molecule is Cl.NC[C@H]1CCC[C@H]1C(=O)NC1CCc2cc(Cl)ccc21. The smallest absolute Gasteiger partial charge is 0.223 e. The summed E-state index contributed by atoms with van der Waals surface area (Å²) in [7, 11) is 0. The number of fused-ring (bicyclic) bond motifs is 1. The molecule has 0 spiro atoms. The van der Waals surface area contributed by atoms with Crippen molar-refractivity contribution in [2.75, 3.05) is 6.54 Å². The predicted molar refractivity (Wildman–Crippen MR) is 87.8 cm³/mol. The molecule has 3 atom stereocenters. The quantitative estimate of drug-likeness (QED) is 0.894. The van der Waals surface area contributed by atoms with E-state index in [1.807, 2.05) is 18.2 Å². The molecule has 0 radical (unpaired) electrons. The Morgan fingerprint density at radius 3 is 2.90 bits per heavy atom. The molecular weight excluding hydrogens is 307 g/mol. The van der Waals surface area contributed by atoms with Gasteiger partial charge in [0, 0.05) is 10.9 Å². The maximum atomic E-state index is 12.5. The first kappa shape index (κ1) is 16.6. The number of nitrogens with one attached hydrogen (secondary N) is 1. The van der Waals surface area contributed by atoms with Crippen molar-refractivity contribution in [1.29, 1.82) is 0 Å². The summed E-state index contributed by atoms with van der Waals surface area (Å²) in [5.41, 5.74) is 8.26. The van der Waals surface area contributed by atoms with E-state index >= 15 is 0 Å². The number of rotatable bonds is 3. The Hall–Kier alpha value is -0.770.